The quantitative estimate of drug-likeness (QED) is 0.793. The van der Waals surface area contributed by atoms with E-state index in [-0.39, 0.29) is 23.8 Å². The number of hydrogen-bond donors (Lipinski definition) is 1. The van der Waals surface area contributed by atoms with Gasteiger partial charge in [0.25, 0.3) is 0 Å². The highest BCUT2D eigenvalue weighted by molar-refractivity contribution is 7.09. The molecule has 0 unspecified atom stereocenters. The zero-order valence-corrected chi connectivity index (χ0v) is 16.5. The number of nitrogens with zero attached hydrogens (tertiary/aromatic N) is 2. The fourth-order valence-electron chi connectivity index (χ4n) is 3.70. The third kappa shape index (κ3) is 4.30. The van der Waals surface area contributed by atoms with E-state index in [2.05, 4.69) is 10.3 Å². The summed E-state index contributed by atoms with van der Waals surface area (Å²) in [5.74, 6) is 0.472. The number of rotatable bonds is 7. The number of carbonyl (C=O) groups excluding carboxylic acids is 2. The summed E-state index contributed by atoms with van der Waals surface area (Å²) in [5, 5.41) is 5.97. The summed E-state index contributed by atoms with van der Waals surface area (Å²) in [6.45, 7) is 3.05. The van der Waals surface area contributed by atoms with Crippen molar-refractivity contribution in [3.8, 4) is 5.75 Å². The number of piperidine rings is 1. The van der Waals surface area contributed by atoms with Crippen LogP contribution in [0.15, 0.2) is 35.8 Å². The van der Waals surface area contributed by atoms with Crippen molar-refractivity contribution in [2.45, 2.75) is 32.2 Å². The minimum atomic E-state index is -0.313. The van der Waals surface area contributed by atoms with Crippen molar-refractivity contribution in [1.82, 2.24) is 15.2 Å². The van der Waals surface area contributed by atoms with Gasteiger partial charge in [0, 0.05) is 43.1 Å². The van der Waals surface area contributed by atoms with Gasteiger partial charge in [0.2, 0.25) is 11.8 Å². The van der Waals surface area contributed by atoms with Gasteiger partial charge < -0.3 is 15.0 Å². The molecular formula is C20H25N3O3S. The Hall–Kier alpha value is -2.41. The van der Waals surface area contributed by atoms with Gasteiger partial charge in [0.05, 0.1) is 24.1 Å². The van der Waals surface area contributed by atoms with Crippen LogP contribution < -0.4 is 10.1 Å². The Labute approximate surface area is 163 Å². The number of aromatic nitrogens is 1. The summed E-state index contributed by atoms with van der Waals surface area (Å²) in [5.41, 5.74) is 0.884. The van der Waals surface area contributed by atoms with Crippen LogP contribution in [0.25, 0.3) is 0 Å². The highest BCUT2D eigenvalue weighted by Gasteiger charge is 2.41. The number of thiazole rings is 1. The minimum Gasteiger partial charge on any atom is -0.496 e. The second kappa shape index (κ2) is 8.99. The molecule has 1 aromatic heterocycles. The largest absolute Gasteiger partial charge is 0.496 e. The number of carbonyl (C=O) groups is 2. The molecule has 3 rings (SSSR count). The Balaban J connectivity index is 1.80. The van der Waals surface area contributed by atoms with Crippen molar-refractivity contribution >= 4 is 23.2 Å². The molecular weight excluding hydrogens is 362 g/mol. The molecule has 7 heteroatoms. The number of para-hydroxylation sites is 1. The van der Waals surface area contributed by atoms with Crippen LogP contribution in [0.3, 0.4) is 0 Å². The SMILES string of the molecule is CCN1C(=O)CC[C@@H](C(=O)NCCc2nccs2)[C@@H]1c1ccccc1OC. The first-order valence-electron chi connectivity index (χ1n) is 9.24. The Morgan fingerprint density at radius 2 is 2.22 bits per heavy atom. The number of nitrogens with one attached hydrogen (secondary N) is 1. The average Bonchev–Trinajstić information content (AvgIpc) is 3.21. The van der Waals surface area contributed by atoms with Crippen LogP contribution in [0.5, 0.6) is 5.75 Å². The van der Waals surface area contributed by atoms with Gasteiger partial charge in [-0.3, -0.25) is 9.59 Å². The topological polar surface area (TPSA) is 71.5 Å². The zero-order chi connectivity index (χ0) is 19.2. The van der Waals surface area contributed by atoms with E-state index < -0.39 is 0 Å². The lowest BCUT2D eigenvalue weighted by molar-refractivity contribution is -0.143. The third-order valence-electron chi connectivity index (χ3n) is 4.96. The molecule has 1 aromatic carbocycles. The Morgan fingerprint density at radius 1 is 1.41 bits per heavy atom. The van der Waals surface area contributed by atoms with Crippen molar-refractivity contribution in [2.75, 3.05) is 20.2 Å². The second-order valence-corrected chi connectivity index (χ2v) is 7.46. The molecule has 2 amide bonds. The van der Waals surface area contributed by atoms with Crippen LogP contribution >= 0.6 is 11.3 Å². The number of likely N-dealkylation sites (tertiary alicyclic amines) is 1. The molecule has 1 aliphatic rings. The molecule has 0 radical (unpaired) electrons. The van der Waals surface area contributed by atoms with Crippen LogP contribution in [0, 0.1) is 5.92 Å². The van der Waals surface area contributed by atoms with Gasteiger partial charge in [0.1, 0.15) is 5.75 Å². The van der Waals surface area contributed by atoms with Crippen LogP contribution in [0.1, 0.15) is 36.4 Å². The molecule has 1 fully saturated rings. The van der Waals surface area contributed by atoms with E-state index in [9.17, 15) is 9.59 Å². The summed E-state index contributed by atoms with van der Waals surface area (Å²) in [6.07, 6.45) is 3.42. The van der Waals surface area contributed by atoms with Gasteiger partial charge >= 0.3 is 0 Å². The van der Waals surface area contributed by atoms with E-state index in [4.69, 9.17) is 4.74 Å². The lowest BCUT2D eigenvalue weighted by Gasteiger charge is -2.40. The minimum absolute atomic E-state index is 0.0200. The molecule has 2 aromatic rings. The second-order valence-electron chi connectivity index (χ2n) is 6.48. The van der Waals surface area contributed by atoms with E-state index in [0.717, 1.165) is 10.6 Å². The summed E-state index contributed by atoms with van der Waals surface area (Å²) in [6, 6.07) is 7.32. The number of ether oxygens (including phenoxy) is 1. The van der Waals surface area contributed by atoms with Crippen LogP contribution in [0.4, 0.5) is 0 Å². The van der Waals surface area contributed by atoms with Crippen LogP contribution in [-0.2, 0) is 16.0 Å². The first-order valence-corrected chi connectivity index (χ1v) is 10.1. The molecule has 1 aliphatic heterocycles. The number of benzene rings is 1. The molecule has 0 saturated carbocycles. The highest BCUT2D eigenvalue weighted by Crippen LogP contribution is 2.40. The number of methoxy groups -OCH3 is 1. The molecule has 144 valence electrons. The van der Waals surface area contributed by atoms with E-state index in [1.54, 1.807) is 29.5 Å². The maximum absolute atomic E-state index is 13.0. The summed E-state index contributed by atoms with van der Waals surface area (Å²) in [4.78, 5) is 31.5. The molecule has 2 heterocycles. The monoisotopic (exact) mass is 387 g/mol. The number of amides is 2. The Kier molecular flexibility index (Phi) is 6.45. The molecule has 1 saturated heterocycles. The van der Waals surface area contributed by atoms with E-state index in [1.807, 2.05) is 36.6 Å². The molecule has 0 spiro atoms. The number of hydrogen-bond acceptors (Lipinski definition) is 5. The van der Waals surface area contributed by atoms with Gasteiger partial charge in [-0.1, -0.05) is 18.2 Å². The van der Waals surface area contributed by atoms with Crippen molar-refractivity contribution in [3.05, 3.63) is 46.4 Å². The van der Waals surface area contributed by atoms with Crippen molar-refractivity contribution in [1.29, 1.82) is 0 Å². The lowest BCUT2D eigenvalue weighted by atomic mass is 9.83. The van der Waals surface area contributed by atoms with Gasteiger partial charge in [-0.05, 0) is 19.4 Å². The third-order valence-corrected chi connectivity index (χ3v) is 5.80. The van der Waals surface area contributed by atoms with Crippen LogP contribution in [-0.4, -0.2) is 41.9 Å². The normalized spacial score (nSPS) is 19.8. The first-order chi connectivity index (χ1) is 13.2. The maximum Gasteiger partial charge on any atom is 0.225 e. The van der Waals surface area contributed by atoms with Crippen molar-refractivity contribution in [3.63, 3.8) is 0 Å². The maximum atomic E-state index is 13.0. The van der Waals surface area contributed by atoms with Gasteiger partial charge in [-0.15, -0.1) is 11.3 Å². The van der Waals surface area contributed by atoms with Crippen molar-refractivity contribution < 1.29 is 14.3 Å². The molecule has 0 bridgehead atoms. The summed E-state index contributed by atoms with van der Waals surface area (Å²) in [7, 11) is 1.61. The fraction of sp³-hybridized carbons (Fsp3) is 0.450. The summed E-state index contributed by atoms with van der Waals surface area (Å²) < 4.78 is 5.51. The smallest absolute Gasteiger partial charge is 0.225 e. The van der Waals surface area contributed by atoms with Gasteiger partial charge in [-0.2, -0.15) is 0 Å². The van der Waals surface area contributed by atoms with Crippen LogP contribution in [0.2, 0.25) is 0 Å². The van der Waals surface area contributed by atoms with E-state index in [0.29, 0.717) is 38.1 Å². The predicted molar refractivity (Wildman–Crippen MR) is 105 cm³/mol. The molecule has 1 N–H and O–H groups in total. The standard InChI is InChI=1S/C20H25N3O3S/c1-3-23-18(24)9-8-15(19(23)14-6-4-5-7-16(14)26-2)20(25)22-11-10-17-21-12-13-27-17/h4-7,12-13,15,19H,3,8-11H2,1-2H3,(H,22,25)/t15-,19+/m1/s1. The van der Waals surface area contributed by atoms with E-state index in [1.165, 1.54) is 0 Å². The molecule has 6 nitrogen and oxygen atoms in total. The summed E-state index contributed by atoms with van der Waals surface area (Å²) >= 11 is 1.58. The van der Waals surface area contributed by atoms with E-state index >= 15 is 0 Å². The lowest BCUT2D eigenvalue weighted by Crippen LogP contribution is -2.48. The highest BCUT2D eigenvalue weighted by atomic mass is 32.1. The Bertz CT molecular complexity index is 779. The first kappa shape index (κ1) is 19.4. The predicted octanol–water partition coefficient (Wildman–Crippen LogP) is 2.81. The fourth-order valence-corrected chi connectivity index (χ4v) is 4.32. The van der Waals surface area contributed by atoms with Crippen molar-refractivity contribution in [2.24, 2.45) is 5.92 Å². The van der Waals surface area contributed by atoms with Gasteiger partial charge in [-0.25, -0.2) is 4.98 Å². The molecule has 27 heavy (non-hydrogen) atoms. The zero-order valence-electron chi connectivity index (χ0n) is 15.7. The molecule has 2 atom stereocenters. The Morgan fingerprint density at radius 3 is 2.93 bits per heavy atom. The van der Waals surface area contributed by atoms with Gasteiger partial charge in [0.15, 0.2) is 0 Å². The molecule has 0 aliphatic carbocycles. The average molecular weight is 388 g/mol.